The van der Waals surface area contributed by atoms with Crippen LogP contribution in [-0.4, -0.2) is 9.13 Å². The summed E-state index contributed by atoms with van der Waals surface area (Å²) in [6, 6.07) is 59.6. The highest BCUT2D eigenvalue weighted by Crippen LogP contribution is 2.41. The Hall–Kier alpha value is -5.86. The zero-order chi connectivity index (χ0) is 29.9. The van der Waals surface area contributed by atoms with Crippen molar-refractivity contribution in [3.05, 3.63) is 169 Å². The maximum Gasteiger partial charge on any atom is 0.0547 e. The summed E-state index contributed by atoms with van der Waals surface area (Å²) in [6.07, 6.45) is 0. The summed E-state index contributed by atoms with van der Waals surface area (Å²) in [4.78, 5) is 0. The molecule has 212 valence electrons. The van der Waals surface area contributed by atoms with Gasteiger partial charge >= 0.3 is 0 Å². The molecular formula is C43H30N2. The SMILES string of the molecule is Cc1ccc(-n2c3ccccc3c3c(-c4ccc5c(c4)c4cc(-c6ccccc6)ccc4n5-c4ccccc4)cccc32)cc1. The van der Waals surface area contributed by atoms with E-state index in [1.54, 1.807) is 0 Å². The quantitative estimate of drug-likeness (QED) is 0.198. The molecule has 0 N–H and O–H groups in total. The van der Waals surface area contributed by atoms with Gasteiger partial charge in [0.15, 0.2) is 0 Å². The predicted octanol–water partition coefficient (Wildman–Crippen LogP) is 11.5. The van der Waals surface area contributed by atoms with Crippen LogP contribution in [0.2, 0.25) is 0 Å². The summed E-state index contributed by atoms with van der Waals surface area (Å²) in [7, 11) is 0. The molecule has 0 atom stereocenters. The molecule has 2 aromatic heterocycles. The molecule has 0 spiro atoms. The molecule has 0 bridgehead atoms. The first kappa shape index (κ1) is 25.6. The first-order chi connectivity index (χ1) is 22.2. The molecule has 0 aliphatic carbocycles. The number of benzene rings is 7. The first-order valence-corrected chi connectivity index (χ1v) is 15.5. The van der Waals surface area contributed by atoms with Crippen molar-refractivity contribution in [1.29, 1.82) is 0 Å². The van der Waals surface area contributed by atoms with E-state index >= 15 is 0 Å². The third-order valence-electron chi connectivity index (χ3n) is 9.19. The molecule has 0 unspecified atom stereocenters. The fourth-order valence-electron chi connectivity index (χ4n) is 7.09. The van der Waals surface area contributed by atoms with Crippen molar-refractivity contribution < 1.29 is 0 Å². The van der Waals surface area contributed by atoms with E-state index in [0.717, 1.165) is 0 Å². The summed E-state index contributed by atoms with van der Waals surface area (Å²) in [5, 5.41) is 5.06. The summed E-state index contributed by atoms with van der Waals surface area (Å²) < 4.78 is 4.80. The van der Waals surface area contributed by atoms with Crippen LogP contribution in [0.15, 0.2) is 164 Å². The third-order valence-corrected chi connectivity index (χ3v) is 9.19. The third kappa shape index (κ3) is 4.03. The minimum atomic E-state index is 1.17. The summed E-state index contributed by atoms with van der Waals surface area (Å²) in [5.41, 5.74) is 13.4. The average molecular weight is 575 g/mol. The number of para-hydroxylation sites is 2. The fraction of sp³-hybridized carbons (Fsp3) is 0.0233. The zero-order valence-corrected chi connectivity index (χ0v) is 25.0. The van der Waals surface area contributed by atoms with Gasteiger partial charge in [0.25, 0.3) is 0 Å². The van der Waals surface area contributed by atoms with E-state index in [1.165, 1.54) is 82.8 Å². The Morgan fingerprint density at radius 3 is 1.67 bits per heavy atom. The van der Waals surface area contributed by atoms with Crippen LogP contribution in [0.1, 0.15) is 5.56 Å². The lowest BCUT2D eigenvalue weighted by Gasteiger charge is -2.10. The van der Waals surface area contributed by atoms with Gasteiger partial charge in [-0.1, -0.05) is 109 Å². The molecule has 0 amide bonds. The van der Waals surface area contributed by atoms with Gasteiger partial charge in [-0.3, -0.25) is 0 Å². The highest BCUT2D eigenvalue weighted by molar-refractivity contribution is 6.17. The smallest absolute Gasteiger partial charge is 0.0547 e. The van der Waals surface area contributed by atoms with Gasteiger partial charge in [0.05, 0.1) is 22.1 Å². The highest BCUT2D eigenvalue weighted by Gasteiger charge is 2.18. The predicted molar refractivity (Wildman–Crippen MR) is 191 cm³/mol. The van der Waals surface area contributed by atoms with Gasteiger partial charge in [-0.2, -0.15) is 0 Å². The number of aromatic nitrogens is 2. The maximum atomic E-state index is 2.40. The van der Waals surface area contributed by atoms with Crippen molar-refractivity contribution in [2.45, 2.75) is 6.92 Å². The largest absolute Gasteiger partial charge is 0.309 e. The lowest BCUT2D eigenvalue weighted by atomic mass is 9.97. The Bertz CT molecular complexity index is 2510. The molecule has 0 saturated carbocycles. The van der Waals surface area contributed by atoms with E-state index in [9.17, 15) is 0 Å². The molecule has 0 aliphatic rings. The van der Waals surface area contributed by atoms with Crippen LogP contribution >= 0.6 is 0 Å². The van der Waals surface area contributed by atoms with Gasteiger partial charge in [-0.25, -0.2) is 0 Å². The minimum Gasteiger partial charge on any atom is -0.309 e. The molecule has 0 saturated heterocycles. The van der Waals surface area contributed by atoms with Crippen LogP contribution in [0.3, 0.4) is 0 Å². The van der Waals surface area contributed by atoms with Crippen molar-refractivity contribution in [1.82, 2.24) is 9.13 Å². The van der Waals surface area contributed by atoms with Crippen molar-refractivity contribution in [3.8, 4) is 33.6 Å². The van der Waals surface area contributed by atoms with E-state index in [1.807, 2.05) is 0 Å². The van der Waals surface area contributed by atoms with Gasteiger partial charge in [0.1, 0.15) is 0 Å². The van der Waals surface area contributed by atoms with E-state index < -0.39 is 0 Å². The molecule has 2 heterocycles. The second-order valence-electron chi connectivity index (χ2n) is 11.9. The second-order valence-corrected chi connectivity index (χ2v) is 11.9. The van der Waals surface area contributed by atoms with E-state index in [-0.39, 0.29) is 0 Å². The molecule has 0 radical (unpaired) electrons. The summed E-state index contributed by atoms with van der Waals surface area (Å²) >= 11 is 0. The van der Waals surface area contributed by atoms with Crippen LogP contribution in [0.4, 0.5) is 0 Å². The monoisotopic (exact) mass is 574 g/mol. The number of hydrogen-bond donors (Lipinski definition) is 0. The molecule has 0 fully saturated rings. The Labute approximate surface area is 262 Å². The topological polar surface area (TPSA) is 9.86 Å². The lowest BCUT2D eigenvalue weighted by Crippen LogP contribution is -1.94. The van der Waals surface area contributed by atoms with Crippen molar-refractivity contribution in [3.63, 3.8) is 0 Å². The minimum absolute atomic E-state index is 1.17. The highest BCUT2D eigenvalue weighted by atomic mass is 15.0. The first-order valence-electron chi connectivity index (χ1n) is 15.5. The Kier molecular flexibility index (Phi) is 5.76. The van der Waals surface area contributed by atoms with Gasteiger partial charge in [-0.05, 0) is 89.8 Å². The number of aryl methyl sites for hydroxylation is 1. The summed E-state index contributed by atoms with van der Waals surface area (Å²) in [6.45, 7) is 2.14. The van der Waals surface area contributed by atoms with Crippen LogP contribution in [0.25, 0.3) is 77.2 Å². The van der Waals surface area contributed by atoms with E-state index in [0.29, 0.717) is 0 Å². The second kappa shape index (κ2) is 10.1. The lowest BCUT2D eigenvalue weighted by molar-refractivity contribution is 1.17. The fourth-order valence-corrected chi connectivity index (χ4v) is 7.09. The van der Waals surface area contributed by atoms with Crippen molar-refractivity contribution >= 4 is 43.6 Å². The van der Waals surface area contributed by atoms with Crippen molar-refractivity contribution in [2.75, 3.05) is 0 Å². The molecule has 0 aliphatic heterocycles. The summed E-state index contributed by atoms with van der Waals surface area (Å²) in [5.74, 6) is 0. The Morgan fingerprint density at radius 2 is 0.911 bits per heavy atom. The molecular weight excluding hydrogens is 544 g/mol. The van der Waals surface area contributed by atoms with Crippen LogP contribution < -0.4 is 0 Å². The van der Waals surface area contributed by atoms with E-state index in [2.05, 4.69) is 180 Å². The molecule has 45 heavy (non-hydrogen) atoms. The maximum absolute atomic E-state index is 2.40. The normalized spacial score (nSPS) is 11.7. The van der Waals surface area contributed by atoms with Crippen LogP contribution in [0.5, 0.6) is 0 Å². The molecule has 2 nitrogen and oxygen atoms in total. The molecule has 9 aromatic rings. The van der Waals surface area contributed by atoms with Gasteiger partial charge in [0.2, 0.25) is 0 Å². The number of rotatable bonds is 4. The van der Waals surface area contributed by atoms with Crippen LogP contribution in [-0.2, 0) is 0 Å². The molecule has 7 aromatic carbocycles. The molecule has 9 rings (SSSR count). The van der Waals surface area contributed by atoms with Crippen LogP contribution in [0, 0.1) is 6.92 Å². The number of fused-ring (bicyclic) bond motifs is 6. The zero-order valence-electron chi connectivity index (χ0n) is 25.0. The number of hydrogen-bond acceptors (Lipinski definition) is 0. The molecule has 2 heteroatoms. The number of nitrogens with zero attached hydrogens (tertiary/aromatic N) is 2. The van der Waals surface area contributed by atoms with Crippen molar-refractivity contribution in [2.24, 2.45) is 0 Å². The van der Waals surface area contributed by atoms with E-state index in [4.69, 9.17) is 0 Å². The average Bonchev–Trinajstić information content (AvgIpc) is 3.62. The van der Waals surface area contributed by atoms with Gasteiger partial charge in [0, 0.05) is 32.9 Å². The Morgan fingerprint density at radius 1 is 0.356 bits per heavy atom. The van der Waals surface area contributed by atoms with Gasteiger partial charge in [-0.15, -0.1) is 0 Å². The van der Waals surface area contributed by atoms with Gasteiger partial charge < -0.3 is 9.13 Å². The standard InChI is InChI=1S/C43H30N2/c1-29-19-23-34(24-20-29)45-39-17-9-8-15-36(39)43-35(16-10-18-42(43)45)32-22-26-41-38(28-32)37-27-31(30-11-4-2-5-12-30)21-25-40(37)44(41)33-13-6-3-7-14-33/h2-28H,1H3. The Balaban J connectivity index is 1.33.